The topological polar surface area (TPSA) is 18.5 Å². The highest BCUT2D eigenvalue weighted by molar-refractivity contribution is 6.17. The van der Waals surface area contributed by atoms with Crippen molar-refractivity contribution in [3.05, 3.63) is 29.6 Å². The van der Waals surface area contributed by atoms with Crippen LogP contribution in [0.15, 0.2) is 18.2 Å². The predicted molar refractivity (Wildman–Crippen MR) is 53.5 cm³/mol. The normalized spacial score (nSPS) is 11.6. The van der Waals surface area contributed by atoms with Gasteiger partial charge in [0, 0.05) is 5.88 Å². The van der Waals surface area contributed by atoms with E-state index in [1.165, 1.54) is 12.1 Å². The molecule has 1 rings (SSSR count). The smallest absolute Gasteiger partial charge is 0.411 e. The number of halogens is 5. The van der Waals surface area contributed by atoms with Gasteiger partial charge in [-0.05, 0) is 17.7 Å². The van der Waals surface area contributed by atoms with Crippen LogP contribution in [0.1, 0.15) is 5.56 Å². The molecule has 2 nitrogen and oxygen atoms in total. The van der Waals surface area contributed by atoms with Gasteiger partial charge in [0.2, 0.25) is 0 Å². The van der Waals surface area contributed by atoms with Crippen LogP contribution in [-0.2, 0) is 10.6 Å². The van der Waals surface area contributed by atoms with Crippen LogP contribution in [-0.4, -0.2) is 19.6 Å². The van der Waals surface area contributed by atoms with Crippen molar-refractivity contribution in [3.63, 3.8) is 0 Å². The van der Waals surface area contributed by atoms with Crippen LogP contribution in [0.3, 0.4) is 0 Å². The second kappa shape index (κ2) is 6.07. The number of hydrogen-bond donors (Lipinski definition) is 0. The zero-order chi connectivity index (χ0) is 12.9. The summed E-state index contributed by atoms with van der Waals surface area (Å²) in [5.41, 5.74) is 0.549. The lowest BCUT2D eigenvalue weighted by molar-refractivity contribution is -0.187. The lowest BCUT2D eigenvalue weighted by Gasteiger charge is -2.10. The molecular weight excluding hydrogens is 264 g/mol. The minimum Gasteiger partial charge on any atom is -0.464 e. The lowest BCUT2D eigenvalue weighted by atomic mass is 10.2. The van der Waals surface area contributed by atoms with Crippen LogP contribution < -0.4 is 4.74 Å². The summed E-state index contributed by atoms with van der Waals surface area (Å²) in [6.07, 6.45) is -4.43. The fourth-order valence-electron chi connectivity index (χ4n) is 1.01. The van der Waals surface area contributed by atoms with Crippen molar-refractivity contribution in [2.24, 2.45) is 0 Å². The van der Waals surface area contributed by atoms with Crippen molar-refractivity contribution in [2.75, 3.05) is 13.4 Å². The van der Waals surface area contributed by atoms with Crippen molar-refractivity contribution in [1.29, 1.82) is 0 Å². The van der Waals surface area contributed by atoms with Crippen molar-refractivity contribution < 1.29 is 27.0 Å². The molecule has 17 heavy (non-hydrogen) atoms. The summed E-state index contributed by atoms with van der Waals surface area (Å²) < 4.78 is 57.2. The van der Waals surface area contributed by atoms with Gasteiger partial charge in [0.25, 0.3) is 0 Å². The van der Waals surface area contributed by atoms with Gasteiger partial charge >= 0.3 is 6.18 Å². The van der Waals surface area contributed by atoms with Crippen molar-refractivity contribution in [2.45, 2.75) is 12.1 Å². The minimum atomic E-state index is -4.43. The molecule has 0 radical (unpaired) electrons. The van der Waals surface area contributed by atoms with Gasteiger partial charge in [-0.2, -0.15) is 13.2 Å². The third-order valence-corrected chi connectivity index (χ3v) is 2.02. The van der Waals surface area contributed by atoms with Gasteiger partial charge in [0.05, 0.1) is 0 Å². The Morgan fingerprint density at radius 2 is 1.94 bits per heavy atom. The van der Waals surface area contributed by atoms with Crippen LogP contribution in [0.25, 0.3) is 0 Å². The number of rotatable bonds is 5. The number of benzene rings is 1. The third-order valence-electron chi connectivity index (χ3n) is 1.71. The van der Waals surface area contributed by atoms with E-state index in [-0.39, 0.29) is 11.6 Å². The Bertz CT molecular complexity index is 368. The number of ether oxygens (including phenoxy) is 2. The molecule has 0 amide bonds. The van der Waals surface area contributed by atoms with Gasteiger partial charge in [-0.3, -0.25) is 0 Å². The molecule has 0 saturated carbocycles. The Kier molecular flexibility index (Phi) is 5.02. The van der Waals surface area contributed by atoms with Crippen LogP contribution >= 0.6 is 11.6 Å². The van der Waals surface area contributed by atoms with E-state index in [1.54, 1.807) is 0 Å². The molecule has 0 bridgehead atoms. The minimum absolute atomic E-state index is 0.141. The standard InChI is InChI=1S/C10H9ClF4O2/c11-4-7-1-2-9(8(12)3-7)17-6-16-5-10(13,14)15/h1-3H,4-6H2. The summed E-state index contributed by atoms with van der Waals surface area (Å²) in [6, 6.07) is 3.94. The maximum absolute atomic E-state index is 13.2. The zero-order valence-corrected chi connectivity index (χ0v) is 9.32. The molecule has 0 heterocycles. The Hall–Kier alpha value is -1.01. The quantitative estimate of drug-likeness (QED) is 0.354. The Balaban J connectivity index is 2.42. The molecule has 1 aromatic rings. The third kappa shape index (κ3) is 5.23. The second-order valence-corrected chi connectivity index (χ2v) is 3.39. The van der Waals surface area contributed by atoms with Crippen molar-refractivity contribution in [1.82, 2.24) is 0 Å². The Labute approximate surface area is 100 Å². The Morgan fingerprint density at radius 1 is 1.24 bits per heavy atom. The fraction of sp³-hybridized carbons (Fsp3) is 0.400. The monoisotopic (exact) mass is 272 g/mol. The first-order chi connectivity index (χ1) is 7.92. The molecule has 0 unspecified atom stereocenters. The van der Waals surface area contributed by atoms with Crippen LogP contribution in [0.4, 0.5) is 17.6 Å². The number of alkyl halides is 4. The average molecular weight is 273 g/mol. The molecule has 1 aromatic carbocycles. The first-order valence-corrected chi connectivity index (χ1v) is 5.07. The molecule has 0 saturated heterocycles. The molecule has 0 fully saturated rings. The highest BCUT2D eigenvalue weighted by Crippen LogP contribution is 2.20. The summed E-state index contributed by atoms with van der Waals surface area (Å²) >= 11 is 5.47. The van der Waals surface area contributed by atoms with E-state index in [9.17, 15) is 17.6 Å². The maximum Gasteiger partial charge on any atom is 0.411 e. The molecular formula is C10H9ClF4O2. The van der Waals surface area contributed by atoms with Gasteiger partial charge in [0.1, 0.15) is 6.61 Å². The van der Waals surface area contributed by atoms with Crippen molar-refractivity contribution >= 4 is 11.6 Å². The highest BCUT2D eigenvalue weighted by Gasteiger charge is 2.27. The van der Waals surface area contributed by atoms with Gasteiger partial charge in [-0.25, -0.2) is 4.39 Å². The van der Waals surface area contributed by atoms with E-state index in [0.29, 0.717) is 5.56 Å². The van der Waals surface area contributed by atoms with E-state index in [2.05, 4.69) is 4.74 Å². The fourth-order valence-corrected chi connectivity index (χ4v) is 1.17. The summed E-state index contributed by atoms with van der Waals surface area (Å²) in [5.74, 6) is -0.735. The predicted octanol–water partition coefficient (Wildman–Crippen LogP) is 3.48. The zero-order valence-electron chi connectivity index (χ0n) is 8.56. The molecule has 0 aliphatic carbocycles. The van der Waals surface area contributed by atoms with E-state index < -0.39 is 25.4 Å². The maximum atomic E-state index is 13.2. The van der Waals surface area contributed by atoms with Crippen LogP contribution in [0, 0.1) is 5.82 Å². The Morgan fingerprint density at radius 3 is 2.47 bits per heavy atom. The van der Waals surface area contributed by atoms with Gasteiger partial charge in [-0.15, -0.1) is 11.6 Å². The molecule has 96 valence electrons. The van der Waals surface area contributed by atoms with E-state index in [4.69, 9.17) is 16.3 Å². The molecule has 0 aliphatic heterocycles. The summed E-state index contributed by atoms with van der Waals surface area (Å²) in [5, 5.41) is 0. The van der Waals surface area contributed by atoms with E-state index in [0.717, 1.165) is 6.07 Å². The summed E-state index contributed by atoms with van der Waals surface area (Å²) in [4.78, 5) is 0. The first-order valence-electron chi connectivity index (χ1n) is 4.54. The summed E-state index contributed by atoms with van der Waals surface area (Å²) in [7, 11) is 0. The van der Waals surface area contributed by atoms with Crippen molar-refractivity contribution in [3.8, 4) is 5.75 Å². The molecule has 0 aromatic heterocycles. The molecule has 0 N–H and O–H groups in total. The first kappa shape index (κ1) is 14.1. The van der Waals surface area contributed by atoms with Gasteiger partial charge in [0.15, 0.2) is 18.4 Å². The lowest BCUT2D eigenvalue weighted by Crippen LogP contribution is -2.19. The highest BCUT2D eigenvalue weighted by atomic mass is 35.5. The van der Waals surface area contributed by atoms with Gasteiger partial charge < -0.3 is 9.47 Å². The summed E-state index contributed by atoms with van der Waals surface area (Å²) in [6.45, 7) is -2.11. The second-order valence-electron chi connectivity index (χ2n) is 3.12. The largest absolute Gasteiger partial charge is 0.464 e. The van der Waals surface area contributed by atoms with Crippen LogP contribution in [0.2, 0.25) is 0 Å². The van der Waals surface area contributed by atoms with E-state index in [1.807, 2.05) is 0 Å². The molecule has 0 spiro atoms. The average Bonchev–Trinajstić information content (AvgIpc) is 2.24. The van der Waals surface area contributed by atoms with Crippen LogP contribution in [0.5, 0.6) is 5.75 Å². The van der Waals surface area contributed by atoms with E-state index >= 15 is 0 Å². The number of hydrogen-bond acceptors (Lipinski definition) is 2. The molecule has 7 heteroatoms. The van der Waals surface area contributed by atoms with Gasteiger partial charge in [-0.1, -0.05) is 6.07 Å². The SMILES string of the molecule is Fc1cc(CCl)ccc1OCOCC(F)(F)F. The molecule has 0 atom stereocenters. The molecule has 0 aliphatic rings.